The third kappa shape index (κ3) is 4.55. The predicted molar refractivity (Wildman–Crippen MR) is 69.5 cm³/mol. The van der Waals surface area contributed by atoms with Crippen molar-refractivity contribution in [3.8, 4) is 0 Å². The van der Waals surface area contributed by atoms with Crippen molar-refractivity contribution in [3.63, 3.8) is 0 Å². The first-order valence-electron chi connectivity index (χ1n) is 6.24. The van der Waals surface area contributed by atoms with Crippen LogP contribution in [0.15, 0.2) is 18.2 Å². The Morgan fingerprint density at radius 1 is 1.42 bits per heavy atom. The second kappa shape index (κ2) is 7.13. The Bertz CT molecular complexity index is 439. The fraction of sp³-hybridized carbons (Fsp3) is 0.538. The van der Waals surface area contributed by atoms with Gasteiger partial charge in [-0.05, 0) is 31.9 Å². The molecule has 1 atom stereocenters. The summed E-state index contributed by atoms with van der Waals surface area (Å²) in [6.07, 6.45) is -1.31. The van der Waals surface area contributed by atoms with Gasteiger partial charge in [0.05, 0.1) is 4.92 Å². The highest BCUT2D eigenvalue weighted by molar-refractivity contribution is 5.41. The van der Waals surface area contributed by atoms with E-state index in [4.69, 9.17) is 0 Å². The highest BCUT2D eigenvalue weighted by Gasteiger charge is 2.18. The number of hydrogen-bond acceptors (Lipinski definition) is 3. The van der Waals surface area contributed by atoms with Crippen LogP contribution in [0.1, 0.15) is 37.8 Å². The van der Waals surface area contributed by atoms with Gasteiger partial charge in [-0.1, -0.05) is 13.0 Å². The van der Waals surface area contributed by atoms with E-state index in [2.05, 4.69) is 5.32 Å². The first kappa shape index (κ1) is 15.5. The van der Waals surface area contributed by atoms with Gasteiger partial charge in [0.2, 0.25) is 0 Å². The molecule has 0 aliphatic rings. The maximum absolute atomic E-state index is 12.9. The van der Waals surface area contributed by atoms with Crippen LogP contribution in [0.4, 0.5) is 14.5 Å². The van der Waals surface area contributed by atoms with Gasteiger partial charge in [-0.25, -0.2) is 8.78 Å². The molecule has 1 aromatic rings. The van der Waals surface area contributed by atoms with Crippen LogP contribution < -0.4 is 5.32 Å². The van der Waals surface area contributed by atoms with Crippen molar-refractivity contribution in [3.05, 3.63) is 39.4 Å². The number of alkyl halides is 2. The molecule has 0 heterocycles. The lowest BCUT2D eigenvalue weighted by Gasteiger charge is -2.15. The van der Waals surface area contributed by atoms with E-state index in [0.29, 0.717) is 12.0 Å². The van der Waals surface area contributed by atoms with E-state index < -0.39 is 11.3 Å². The van der Waals surface area contributed by atoms with E-state index in [1.54, 1.807) is 0 Å². The van der Waals surface area contributed by atoms with Gasteiger partial charge in [-0.3, -0.25) is 10.1 Å². The maximum Gasteiger partial charge on any atom is 0.269 e. The van der Waals surface area contributed by atoms with Gasteiger partial charge >= 0.3 is 0 Å². The molecule has 0 aliphatic carbocycles. The molecular formula is C13H18F2N2O2. The SMILES string of the molecule is CCCNC(C)Cc1ccc([N+](=O)[O-])cc1C(F)F. The summed E-state index contributed by atoms with van der Waals surface area (Å²) in [5, 5.41) is 13.8. The summed E-state index contributed by atoms with van der Waals surface area (Å²) in [7, 11) is 0. The minimum Gasteiger partial charge on any atom is -0.314 e. The number of halogens is 2. The van der Waals surface area contributed by atoms with Gasteiger partial charge in [0.1, 0.15) is 0 Å². The summed E-state index contributed by atoms with van der Waals surface area (Å²) in [6.45, 7) is 4.75. The molecule has 4 nitrogen and oxygen atoms in total. The fourth-order valence-corrected chi connectivity index (χ4v) is 1.88. The summed E-state index contributed by atoms with van der Waals surface area (Å²) in [4.78, 5) is 9.94. The van der Waals surface area contributed by atoms with Crippen LogP contribution in [-0.2, 0) is 6.42 Å². The number of nitrogens with one attached hydrogen (secondary N) is 1. The Hall–Kier alpha value is -1.56. The lowest BCUT2D eigenvalue weighted by Crippen LogP contribution is -2.29. The van der Waals surface area contributed by atoms with Crippen LogP contribution >= 0.6 is 0 Å². The van der Waals surface area contributed by atoms with Crippen LogP contribution in [0.3, 0.4) is 0 Å². The Balaban J connectivity index is 2.90. The first-order valence-corrected chi connectivity index (χ1v) is 6.24. The lowest BCUT2D eigenvalue weighted by atomic mass is 10.0. The molecule has 0 saturated heterocycles. The number of nitrogens with zero attached hydrogens (tertiary/aromatic N) is 1. The molecule has 0 bridgehead atoms. The molecule has 0 amide bonds. The normalized spacial score (nSPS) is 12.7. The summed E-state index contributed by atoms with van der Waals surface area (Å²) >= 11 is 0. The Morgan fingerprint density at radius 2 is 2.11 bits per heavy atom. The third-order valence-corrected chi connectivity index (χ3v) is 2.84. The van der Waals surface area contributed by atoms with Crippen molar-refractivity contribution in [2.75, 3.05) is 6.54 Å². The average Bonchev–Trinajstić information content (AvgIpc) is 2.36. The van der Waals surface area contributed by atoms with E-state index in [9.17, 15) is 18.9 Å². The standard InChI is InChI=1S/C13H18F2N2O2/c1-3-6-16-9(2)7-10-4-5-11(17(18)19)8-12(10)13(14)15/h4-5,8-9,13,16H,3,6-7H2,1-2H3. The van der Waals surface area contributed by atoms with Crippen LogP contribution in [0.25, 0.3) is 0 Å². The van der Waals surface area contributed by atoms with Gasteiger partial charge in [0.15, 0.2) is 0 Å². The molecule has 0 aliphatic heterocycles. The van der Waals surface area contributed by atoms with Gasteiger partial charge in [0, 0.05) is 23.7 Å². The maximum atomic E-state index is 12.9. The second-order valence-corrected chi connectivity index (χ2v) is 4.50. The van der Waals surface area contributed by atoms with Gasteiger partial charge in [0.25, 0.3) is 12.1 Å². The number of hydrogen-bond donors (Lipinski definition) is 1. The lowest BCUT2D eigenvalue weighted by molar-refractivity contribution is -0.385. The number of nitro benzene ring substituents is 1. The predicted octanol–water partition coefficient (Wildman–Crippen LogP) is 3.46. The van der Waals surface area contributed by atoms with Crippen molar-refractivity contribution in [2.45, 2.75) is 39.2 Å². The Morgan fingerprint density at radius 3 is 2.63 bits per heavy atom. The molecule has 1 unspecified atom stereocenters. The Labute approximate surface area is 111 Å². The summed E-state index contributed by atoms with van der Waals surface area (Å²) in [5.74, 6) is 0. The van der Waals surface area contributed by atoms with Crippen molar-refractivity contribution in [1.82, 2.24) is 5.32 Å². The van der Waals surface area contributed by atoms with E-state index in [1.165, 1.54) is 12.1 Å². The van der Waals surface area contributed by atoms with E-state index in [1.807, 2.05) is 13.8 Å². The van der Waals surface area contributed by atoms with Gasteiger partial charge in [-0.2, -0.15) is 0 Å². The zero-order chi connectivity index (χ0) is 14.4. The molecule has 0 aromatic heterocycles. The molecule has 0 radical (unpaired) electrons. The number of nitro groups is 1. The highest BCUT2D eigenvalue weighted by Crippen LogP contribution is 2.28. The van der Waals surface area contributed by atoms with Crippen LogP contribution in [0.2, 0.25) is 0 Å². The molecule has 0 spiro atoms. The molecule has 106 valence electrons. The molecule has 0 saturated carbocycles. The molecular weight excluding hydrogens is 254 g/mol. The second-order valence-electron chi connectivity index (χ2n) is 4.50. The molecule has 1 aromatic carbocycles. The van der Waals surface area contributed by atoms with Crippen LogP contribution in [-0.4, -0.2) is 17.5 Å². The average molecular weight is 272 g/mol. The summed E-state index contributed by atoms with van der Waals surface area (Å²) in [6, 6.07) is 3.71. The van der Waals surface area contributed by atoms with E-state index in [0.717, 1.165) is 19.0 Å². The van der Waals surface area contributed by atoms with Crippen LogP contribution in [0.5, 0.6) is 0 Å². The Kier molecular flexibility index (Phi) is 5.82. The fourth-order valence-electron chi connectivity index (χ4n) is 1.88. The van der Waals surface area contributed by atoms with Crippen molar-refractivity contribution < 1.29 is 13.7 Å². The minimum absolute atomic E-state index is 0.0545. The summed E-state index contributed by atoms with van der Waals surface area (Å²) in [5.41, 5.74) is -0.0933. The van der Waals surface area contributed by atoms with Crippen LogP contribution in [0, 0.1) is 10.1 Å². The molecule has 6 heteroatoms. The monoisotopic (exact) mass is 272 g/mol. The van der Waals surface area contributed by atoms with Crippen molar-refractivity contribution in [1.29, 1.82) is 0 Å². The number of benzene rings is 1. The minimum atomic E-state index is -2.70. The van der Waals surface area contributed by atoms with Gasteiger partial charge in [-0.15, -0.1) is 0 Å². The quantitative estimate of drug-likeness (QED) is 0.611. The van der Waals surface area contributed by atoms with E-state index in [-0.39, 0.29) is 17.3 Å². The smallest absolute Gasteiger partial charge is 0.269 e. The van der Waals surface area contributed by atoms with Gasteiger partial charge < -0.3 is 5.32 Å². The number of non-ortho nitro benzene ring substituents is 1. The number of rotatable bonds is 7. The molecule has 0 fully saturated rings. The zero-order valence-electron chi connectivity index (χ0n) is 11.0. The topological polar surface area (TPSA) is 55.2 Å². The molecule has 19 heavy (non-hydrogen) atoms. The largest absolute Gasteiger partial charge is 0.314 e. The van der Waals surface area contributed by atoms with E-state index >= 15 is 0 Å². The summed E-state index contributed by atoms with van der Waals surface area (Å²) < 4.78 is 25.9. The molecule has 1 rings (SSSR count). The zero-order valence-corrected chi connectivity index (χ0v) is 11.0. The van der Waals surface area contributed by atoms with Crippen molar-refractivity contribution in [2.24, 2.45) is 0 Å². The highest BCUT2D eigenvalue weighted by atomic mass is 19.3. The van der Waals surface area contributed by atoms with Crippen molar-refractivity contribution >= 4 is 5.69 Å². The third-order valence-electron chi connectivity index (χ3n) is 2.84. The first-order chi connectivity index (χ1) is 8.95. The molecule has 1 N–H and O–H groups in total.